The molecule has 0 saturated heterocycles. The van der Waals surface area contributed by atoms with Crippen LogP contribution in [0.3, 0.4) is 0 Å². The molecule has 1 aromatic heterocycles. The summed E-state index contributed by atoms with van der Waals surface area (Å²) in [6.45, 7) is 5.06. The number of hydrogen-bond donors (Lipinski definition) is 1. The normalized spacial score (nSPS) is 14.1. The number of ether oxygens (including phenoxy) is 1. The van der Waals surface area contributed by atoms with Gasteiger partial charge in [-0.2, -0.15) is 0 Å². The van der Waals surface area contributed by atoms with Gasteiger partial charge in [-0.15, -0.1) is 16.8 Å². The molecule has 7 heteroatoms. The molecule has 1 amide bonds. The summed E-state index contributed by atoms with van der Waals surface area (Å²) in [6.07, 6.45) is 4.02. The summed E-state index contributed by atoms with van der Waals surface area (Å²) in [5.41, 5.74) is 2.26. The first-order valence-electron chi connectivity index (χ1n) is 10.3. The number of methoxy groups -OCH3 is 1. The number of nitrogens with zero attached hydrogens (tertiary/aromatic N) is 3. The number of benzene rings is 2. The molecule has 4 rings (SSSR count). The number of thioether (sulfide) groups is 1. The summed E-state index contributed by atoms with van der Waals surface area (Å²) in [4.78, 5) is 12.5. The van der Waals surface area contributed by atoms with Crippen LogP contribution in [-0.2, 0) is 16.8 Å². The second-order valence-electron chi connectivity index (χ2n) is 7.62. The molecule has 1 fully saturated rings. The van der Waals surface area contributed by atoms with Gasteiger partial charge in [-0.3, -0.25) is 9.36 Å². The third kappa shape index (κ3) is 4.66. The molecule has 6 nitrogen and oxygen atoms in total. The van der Waals surface area contributed by atoms with Crippen molar-refractivity contribution in [2.75, 3.05) is 19.4 Å². The van der Waals surface area contributed by atoms with E-state index in [1.165, 1.54) is 17.3 Å². The van der Waals surface area contributed by atoms with Crippen molar-refractivity contribution in [3.8, 4) is 17.1 Å². The highest BCUT2D eigenvalue weighted by molar-refractivity contribution is 7.99. The summed E-state index contributed by atoms with van der Waals surface area (Å²) >= 11 is 1.38. The Morgan fingerprint density at radius 3 is 2.65 bits per heavy atom. The lowest BCUT2D eigenvalue weighted by molar-refractivity contribution is -0.118. The molecule has 0 spiro atoms. The van der Waals surface area contributed by atoms with Crippen molar-refractivity contribution in [1.82, 2.24) is 20.1 Å². The van der Waals surface area contributed by atoms with Crippen LogP contribution in [0.25, 0.3) is 11.4 Å². The van der Waals surface area contributed by atoms with E-state index < -0.39 is 0 Å². The molecule has 1 heterocycles. The van der Waals surface area contributed by atoms with Crippen LogP contribution in [-0.4, -0.2) is 40.1 Å². The number of allylic oxidation sites excluding steroid dienone is 1. The molecular formula is C24H26N4O2S. The Bertz CT molecular complexity index is 1060. The van der Waals surface area contributed by atoms with Crippen molar-refractivity contribution in [2.24, 2.45) is 0 Å². The molecule has 160 valence electrons. The molecule has 0 atom stereocenters. The minimum Gasteiger partial charge on any atom is -0.496 e. The third-order valence-electron chi connectivity index (χ3n) is 5.57. The molecule has 31 heavy (non-hydrogen) atoms. The Balaban J connectivity index is 1.41. The van der Waals surface area contributed by atoms with Crippen molar-refractivity contribution in [3.63, 3.8) is 0 Å². The van der Waals surface area contributed by atoms with Gasteiger partial charge < -0.3 is 10.1 Å². The molecule has 0 aliphatic heterocycles. The molecule has 1 saturated carbocycles. The van der Waals surface area contributed by atoms with Crippen molar-refractivity contribution in [3.05, 3.63) is 72.8 Å². The van der Waals surface area contributed by atoms with E-state index >= 15 is 0 Å². The first-order valence-corrected chi connectivity index (χ1v) is 11.3. The van der Waals surface area contributed by atoms with Crippen LogP contribution < -0.4 is 10.1 Å². The molecule has 3 aromatic rings. The van der Waals surface area contributed by atoms with Gasteiger partial charge in [-0.05, 0) is 30.5 Å². The number of hydrogen-bond acceptors (Lipinski definition) is 5. The number of carbonyl (C=O) groups is 1. The fourth-order valence-electron chi connectivity index (χ4n) is 3.68. The fraction of sp³-hybridized carbons (Fsp3) is 0.292. The summed E-state index contributed by atoms with van der Waals surface area (Å²) in [7, 11) is 1.63. The average molecular weight is 435 g/mol. The maximum absolute atomic E-state index is 12.5. The number of para-hydroxylation sites is 1. The highest BCUT2D eigenvalue weighted by Gasteiger charge is 2.44. The van der Waals surface area contributed by atoms with Crippen molar-refractivity contribution in [2.45, 2.75) is 30.0 Å². The predicted molar refractivity (Wildman–Crippen MR) is 123 cm³/mol. The Kier molecular flexibility index (Phi) is 6.42. The van der Waals surface area contributed by atoms with Crippen LogP contribution in [0.15, 0.2) is 72.4 Å². The predicted octanol–water partition coefficient (Wildman–Crippen LogP) is 4.08. The largest absolute Gasteiger partial charge is 0.496 e. The monoisotopic (exact) mass is 434 g/mol. The molecule has 2 aromatic carbocycles. The van der Waals surface area contributed by atoms with Gasteiger partial charge in [0.2, 0.25) is 5.91 Å². The zero-order chi connectivity index (χ0) is 21.7. The minimum atomic E-state index is -0.000740. The van der Waals surface area contributed by atoms with Gasteiger partial charge in [-0.25, -0.2) is 0 Å². The zero-order valence-electron chi connectivity index (χ0n) is 17.6. The number of carbonyl (C=O) groups excluding carboxylic acids is 1. The lowest BCUT2D eigenvalue weighted by Crippen LogP contribution is -2.33. The van der Waals surface area contributed by atoms with Crippen LogP contribution in [0.2, 0.25) is 0 Å². The minimum absolute atomic E-state index is 0.000740. The molecule has 1 N–H and O–H groups in total. The van der Waals surface area contributed by atoms with Gasteiger partial charge in [0, 0.05) is 18.5 Å². The van der Waals surface area contributed by atoms with E-state index in [0.717, 1.165) is 24.2 Å². The SMILES string of the molecule is C=CCn1c(SCC(=O)NCC2(c3ccccc3)CC2)nnc1-c1ccccc1OC. The van der Waals surface area contributed by atoms with Crippen molar-refractivity contribution >= 4 is 17.7 Å². The summed E-state index contributed by atoms with van der Waals surface area (Å²) in [5.74, 6) is 1.71. The van der Waals surface area contributed by atoms with E-state index in [0.29, 0.717) is 24.1 Å². The molecular weight excluding hydrogens is 408 g/mol. The smallest absolute Gasteiger partial charge is 0.230 e. The summed E-state index contributed by atoms with van der Waals surface area (Å²) in [6, 6.07) is 18.1. The van der Waals surface area contributed by atoms with E-state index in [-0.39, 0.29) is 17.1 Å². The van der Waals surface area contributed by atoms with Crippen LogP contribution in [0.1, 0.15) is 18.4 Å². The molecule has 0 bridgehead atoms. The van der Waals surface area contributed by atoms with Crippen molar-refractivity contribution in [1.29, 1.82) is 0 Å². The number of nitrogens with one attached hydrogen (secondary N) is 1. The topological polar surface area (TPSA) is 69.0 Å². The third-order valence-corrected chi connectivity index (χ3v) is 6.54. The second-order valence-corrected chi connectivity index (χ2v) is 8.56. The molecule has 1 aliphatic rings. The van der Waals surface area contributed by atoms with Crippen molar-refractivity contribution < 1.29 is 9.53 Å². The lowest BCUT2D eigenvalue weighted by Gasteiger charge is -2.16. The van der Waals surface area contributed by atoms with Gasteiger partial charge in [0.15, 0.2) is 11.0 Å². The average Bonchev–Trinajstić information content (AvgIpc) is 3.51. The van der Waals surface area contributed by atoms with E-state index in [1.807, 2.05) is 34.9 Å². The molecule has 0 unspecified atom stereocenters. The van der Waals surface area contributed by atoms with Gasteiger partial charge in [-0.1, -0.05) is 60.3 Å². The summed E-state index contributed by atoms with van der Waals surface area (Å²) < 4.78 is 7.42. The Morgan fingerprint density at radius 2 is 1.94 bits per heavy atom. The highest BCUT2D eigenvalue weighted by Crippen LogP contribution is 2.47. The lowest BCUT2D eigenvalue weighted by atomic mass is 9.96. The van der Waals surface area contributed by atoms with E-state index in [2.05, 4.69) is 46.4 Å². The second kappa shape index (κ2) is 9.39. The van der Waals surface area contributed by atoms with Gasteiger partial charge in [0.25, 0.3) is 0 Å². The Morgan fingerprint density at radius 1 is 1.19 bits per heavy atom. The first-order chi connectivity index (χ1) is 15.2. The quantitative estimate of drug-likeness (QED) is 0.385. The number of rotatable bonds is 10. The standard InChI is InChI=1S/C24H26N4O2S/c1-3-15-28-22(19-11-7-8-12-20(19)30-2)26-27-23(28)31-16-21(29)25-17-24(13-14-24)18-9-5-4-6-10-18/h3-12H,1,13-17H2,2H3,(H,25,29). The van der Waals surface area contributed by atoms with E-state index in [1.54, 1.807) is 13.2 Å². The van der Waals surface area contributed by atoms with Crippen LogP contribution in [0.4, 0.5) is 0 Å². The number of amides is 1. The van der Waals surface area contributed by atoms with Crippen LogP contribution in [0.5, 0.6) is 5.75 Å². The molecule has 0 radical (unpaired) electrons. The van der Waals surface area contributed by atoms with Crippen LogP contribution >= 0.6 is 11.8 Å². The maximum atomic E-state index is 12.5. The Hall–Kier alpha value is -3.06. The number of aromatic nitrogens is 3. The Labute approximate surface area is 186 Å². The van der Waals surface area contributed by atoms with Crippen LogP contribution in [0, 0.1) is 0 Å². The zero-order valence-corrected chi connectivity index (χ0v) is 18.4. The van der Waals surface area contributed by atoms with Gasteiger partial charge in [0.1, 0.15) is 5.75 Å². The first kappa shape index (κ1) is 21.2. The fourth-order valence-corrected chi connectivity index (χ4v) is 4.45. The highest BCUT2D eigenvalue weighted by atomic mass is 32.2. The summed E-state index contributed by atoms with van der Waals surface area (Å²) in [5, 5.41) is 12.5. The van der Waals surface area contributed by atoms with E-state index in [9.17, 15) is 4.79 Å². The van der Waals surface area contributed by atoms with E-state index in [4.69, 9.17) is 4.74 Å². The van der Waals surface area contributed by atoms with Gasteiger partial charge in [0.05, 0.1) is 18.4 Å². The molecule has 1 aliphatic carbocycles. The van der Waals surface area contributed by atoms with Gasteiger partial charge >= 0.3 is 0 Å². The maximum Gasteiger partial charge on any atom is 0.230 e.